The van der Waals surface area contributed by atoms with Gasteiger partial charge < -0.3 is 15.1 Å². The number of hydrogen-bond donors (Lipinski definition) is 2. The van der Waals surface area contributed by atoms with Crippen LogP contribution in [0.2, 0.25) is 0 Å². The zero-order chi connectivity index (χ0) is 13.3. The molecule has 7 heteroatoms. The standard InChI is InChI=1S/C11H11FN2O4/c12-7-1-6(3-13-4-7)10(16)14-5-8(15)2-9(14)11(17)18/h1,3-4,8-9,15H,2,5H2,(H,17,18)/t8-,9-/m1/s1. The van der Waals surface area contributed by atoms with Crippen molar-refractivity contribution >= 4 is 11.9 Å². The Morgan fingerprint density at radius 2 is 2.17 bits per heavy atom. The number of halogens is 1. The van der Waals surface area contributed by atoms with Crippen molar-refractivity contribution in [1.29, 1.82) is 0 Å². The molecule has 6 nitrogen and oxygen atoms in total. The number of rotatable bonds is 2. The third-order valence-electron chi connectivity index (χ3n) is 2.78. The van der Waals surface area contributed by atoms with E-state index in [-0.39, 0.29) is 18.5 Å². The molecular weight excluding hydrogens is 243 g/mol. The topological polar surface area (TPSA) is 90.7 Å². The number of aromatic nitrogens is 1. The number of carbonyl (C=O) groups is 2. The molecule has 1 aliphatic heterocycles. The summed E-state index contributed by atoms with van der Waals surface area (Å²) in [5.41, 5.74) is -0.0321. The highest BCUT2D eigenvalue weighted by Crippen LogP contribution is 2.20. The number of carbonyl (C=O) groups excluding carboxylic acids is 1. The number of carboxylic acid groups (broad SMARTS) is 1. The van der Waals surface area contributed by atoms with E-state index in [1.807, 2.05) is 0 Å². The van der Waals surface area contributed by atoms with Gasteiger partial charge in [0, 0.05) is 19.2 Å². The first-order valence-corrected chi connectivity index (χ1v) is 5.31. The van der Waals surface area contributed by atoms with E-state index in [1.54, 1.807) is 0 Å². The molecular formula is C11H11FN2O4. The second-order valence-electron chi connectivity index (χ2n) is 4.09. The number of hydrogen-bond acceptors (Lipinski definition) is 4. The first kappa shape index (κ1) is 12.4. The largest absolute Gasteiger partial charge is 0.480 e. The number of pyridine rings is 1. The van der Waals surface area contributed by atoms with Crippen molar-refractivity contribution in [3.63, 3.8) is 0 Å². The molecule has 1 saturated heterocycles. The SMILES string of the molecule is O=C(O)[C@H]1C[C@@H](O)CN1C(=O)c1cncc(F)c1. The van der Waals surface area contributed by atoms with Crippen LogP contribution in [0.4, 0.5) is 4.39 Å². The van der Waals surface area contributed by atoms with Crippen molar-refractivity contribution in [3.05, 3.63) is 29.8 Å². The lowest BCUT2D eigenvalue weighted by Crippen LogP contribution is -2.40. The van der Waals surface area contributed by atoms with E-state index in [9.17, 15) is 19.1 Å². The Hall–Kier alpha value is -2.02. The third-order valence-corrected chi connectivity index (χ3v) is 2.78. The van der Waals surface area contributed by atoms with Gasteiger partial charge in [-0.3, -0.25) is 9.78 Å². The summed E-state index contributed by atoms with van der Waals surface area (Å²) < 4.78 is 12.9. The fourth-order valence-electron chi connectivity index (χ4n) is 1.97. The Labute approximate surface area is 102 Å². The van der Waals surface area contributed by atoms with Gasteiger partial charge in [-0.2, -0.15) is 0 Å². The van der Waals surface area contributed by atoms with Gasteiger partial charge in [0.25, 0.3) is 5.91 Å². The molecule has 2 N–H and O–H groups in total. The molecule has 1 amide bonds. The smallest absolute Gasteiger partial charge is 0.326 e. The summed E-state index contributed by atoms with van der Waals surface area (Å²) >= 11 is 0. The van der Waals surface area contributed by atoms with Gasteiger partial charge in [0.1, 0.15) is 11.9 Å². The van der Waals surface area contributed by atoms with Gasteiger partial charge in [-0.25, -0.2) is 9.18 Å². The second-order valence-corrected chi connectivity index (χ2v) is 4.09. The molecule has 1 aromatic heterocycles. The minimum atomic E-state index is -1.19. The molecule has 0 bridgehead atoms. The maximum absolute atomic E-state index is 12.9. The lowest BCUT2D eigenvalue weighted by Gasteiger charge is -2.20. The van der Waals surface area contributed by atoms with Gasteiger partial charge in [0.15, 0.2) is 0 Å². The molecule has 0 unspecified atom stereocenters. The average Bonchev–Trinajstić information content (AvgIpc) is 2.70. The summed E-state index contributed by atoms with van der Waals surface area (Å²) in [5, 5.41) is 18.4. The van der Waals surface area contributed by atoms with Gasteiger partial charge in [0.05, 0.1) is 17.9 Å². The van der Waals surface area contributed by atoms with E-state index in [0.717, 1.165) is 23.4 Å². The zero-order valence-electron chi connectivity index (χ0n) is 9.28. The lowest BCUT2D eigenvalue weighted by molar-refractivity contribution is -0.141. The number of β-amino-alcohol motifs (C(OH)–C–C–N with tert-alkyl or cyclic N) is 1. The number of nitrogens with zero attached hydrogens (tertiary/aromatic N) is 2. The summed E-state index contributed by atoms with van der Waals surface area (Å²) in [6.07, 6.45) is 1.21. The number of aliphatic hydroxyl groups excluding tert-OH is 1. The zero-order valence-corrected chi connectivity index (χ0v) is 9.28. The van der Waals surface area contributed by atoms with Gasteiger partial charge in [0.2, 0.25) is 0 Å². The summed E-state index contributed by atoms with van der Waals surface area (Å²) in [5.74, 6) is -2.51. The molecule has 2 atom stereocenters. The van der Waals surface area contributed by atoms with Crippen LogP contribution in [0.3, 0.4) is 0 Å². The molecule has 0 aliphatic carbocycles. The van der Waals surface area contributed by atoms with E-state index in [4.69, 9.17) is 5.11 Å². The molecule has 18 heavy (non-hydrogen) atoms. The highest BCUT2D eigenvalue weighted by molar-refractivity contribution is 5.96. The van der Waals surface area contributed by atoms with Crippen LogP contribution in [0.5, 0.6) is 0 Å². The normalized spacial score (nSPS) is 23.1. The molecule has 0 saturated carbocycles. The summed E-state index contributed by atoms with van der Waals surface area (Å²) in [7, 11) is 0. The maximum atomic E-state index is 12.9. The van der Waals surface area contributed by atoms with Crippen LogP contribution in [0.25, 0.3) is 0 Å². The highest BCUT2D eigenvalue weighted by atomic mass is 19.1. The Morgan fingerprint density at radius 3 is 2.78 bits per heavy atom. The summed E-state index contributed by atoms with van der Waals surface area (Å²) in [6.45, 7) is -0.0771. The third kappa shape index (κ3) is 2.30. The predicted octanol–water partition coefficient (Wildman–Crippen LogP) is -0.119. The quantitative estimate of drug-likeness (QED) is 0.767. The first-order chi connectivity index (χ1) is 8.49. The Balaban J connectivity index is 2.25. The molecule has 2 heterocycles. The van der Waals surface area contributed by atoms with Crippen LogP contribution in [0.15, 0.2) is 18.5 Å². The Bertz CT molecular complexity index is 494. The van der Waals surface area contributed by atoms with Crippen LogP contribution in [-0.2, 0) is 4.79 Å². The van der Waals surface area contributed by atoms with Gasteiger partial charge >= 0.3 is 5.97 Å². The molecule has 1 aliphatic rings. The van der Waals surface area contributed by atoms with Gasteiger partial charge in [-0.1, -0.05) is 0 Å². The minimum Gasteiger partial charge on any atom is -0.480 e. The molecule has 1 aromatic rings. The number of aliphatic hydroxyl groups is 1. The van der Waals surface area contributed by atoms with E-state index >= 15 is 0 Å². The molecule has 0 radical (unpaired) electrons. The number of aliphatic carboxylic acids is 1. The summed E-state index contributed by atoms with van der Waals surface area (Å²) in [6, 6.07) is -0.102. The van der Waals surface area contributed by atoms with Crippen LogP contribution in [0.1, 0.15) is 16.8 Å². The summed E-state index contributed by atoms with van der Waals surface area (Å²) in [4.78, 5) is 27.5. The number of amides is 1. The number of likely N-dealkylation sites (tertiary alicyclic amines) is 1. The van der Waals surface area contributed by atoms with Crippen molar-refractivity contribution in [3.8, 4) is 0 Å². The van der Waals surface area contributed by atoms with E-state index in [1.165, 1.54) is 0 Å². The van der Waals surface area contributed by atoms with Crippen LogP contribution < -0.4 is 0 Å². The number of carboxylic acids is 1. The first-order valence-electron chi connectivity index (χ1n) is 5.31. The van der Waals surface area contributed by atoms with E-state index in [0.29, 0.717) is 0 Å². The lowest BCUT2D eigenvalue weighted by atomic mass is 10.2. The van der Waals surface area contributed by atoms with Crippen molar-refractivity contribution < 1.29 is 24.2 Å². The molecule has 96 valence electrons. The van der Waals surface area contributed by atoms with Crippen molar-refractivity contribution in [1.82, 2.24) is 9.88 Å². The van der Waals surface area contributed by atoms with E-state index in [2.05, 4.69) is 4.98 Å². The molecule has 2 rings (SSSR count). The van der Waals surface area contributed by atoms with Crippen LogP contribution in [-0.4, -0.2) is 50.7 Å². The highest BCUT2D eigenvalue weighted by Gasteiger charge is 2.39. The van der Waals surface area contributed by atoms with Crippen LogP contribution >= 0.6 is 0 Å². The van der Waals surface area contributed by atoms with Crippen molar-refractivity contribution in [2.75, 3.05) is 6.54 Å². The molecule has 1 fully saturated rings. The molecule has 0 aromatic carbocycles. The molecule has 0 spiro atoms. The van der Waals surface area contributed by atoms with Gasteiger partial charge in [-0.15, -0.1) is 0 Å². The predicted molar refractivity (Wildman–Crippen MR) is 57.3 cm³/mol. The van der Waals surface area contributed by atoms with Crippen molar-refractivity contribution in [2.45, 2.75) is 18.6 Å². The average molecular weight is 254 g/mol. The van der Waals surface area contributed by atoms with Crippen LogP contribution in [0, 0.1) is 5.82 Å². The fourth-order valence-corrected chi connectivity index (χ4v) is 1.97. The Morgan fingerprint density at radius 1 is 1.44 bits per heavy atom. The van der Waals surface area contributed by atoms with E-state index < -0.39 is 29.8 Å². The monoisotopic (exact) mass is 254 g/mol. The maximum Gasteiger partial charge on any atom is 0.326 e. The van der Waals surface area contributed by atoms with Crippen molar-refractivity contribution in [2.24, 2.45) is 0 Å². The van der Waals surface area contributed by atoms with Gasteiger partial charge in [-0.05, 0) is 6.07 Å². The fraction of sp³-hybridized carbons (Fsp3) is 0.364. The second kappa shape index (κ2) is 4.69. The minimum absolute atomic E-state index is 0.0240. The Kier molecular flexibility index (Phi) is 3.24.